The number of hydrogen-bond donors (Lipinski definition) is 2. The Bertz CT molecular complexity index is 419. The number of hydrogen-bond acceptors (Lipinski definition) is 4. The summed E-state index contributed by atoms with van der Waals surface area (Å²) in [7, 11) is 1.27. The molecular formula is C10H10ClNO4. The summed E-state index contributed by atoms with van der Waals surface area (Å²) < 4.78 is 4.53. The summed E-state index contributed by atoms with van der Waals surface area (Å²) in [5, 5.41) is 11.4. The Morgan fingerprint density at radius 2 is 2.19 bits per heavy atom. The summed E-state index contributed by atoms with van der Waals surface area (Å²) in [4.78, 5) is 21.6. The van der Waals surface area contributed by atoms with Gasteiger partial charge < -0.3 is 15.2 Å². The molecule has 0 aliphatic carbocycles. The van der Waals surface area contributed by atoms with Gasteiger partial charge in [-0.3, -0.25) is 4.79 Å². The van der Waals surface area contributed by atoms with E-state index in [0.717, 1.165) is 0 Å². The smallest absolute Gasteiger partial charge is 0.337 e. The van der Waals surface area contributed by atoms with Crippen molar-refractivity contribution in [3.63, 3.8) is 0 Å². The number of ether oxygens (including phenoxy) is 1. The molecule has 0 aliphatic heterocycles. The Balaban J connectivity index is 2.90. The molecule has 2 N–H and O–H groups in total. The third-order valence-electron chi connectivity index (χ3n) is 1.82. The molecule has 5 nitrogen and oxygen atoms in total. The van der Waals surface area contributed by atoms with Gasteiger partial charge in [-0.2, -0.15) is 0 Å². The second-order valence-corrected chi connectivity index (χ2v) is 3.34. The van der Waals surface area contributed by atoms with Gasteiger partial charge >= 0.3 is 11.9 Å². The Hall–Kier alpha value is -1.75. The molecule has 0 saturated heterocycles. The first-order valence-corrected chi connectivity index (χ1v) is 4.76. The van der Waals surface area contributed by atoms with E-state index in [1.165, 1.54) is 25.3 Å². The van der Waals surface area contributed by atoms with Crippen molar-refractivity contribution in [2.24, 2.45) is 0 Å². The van der Waals surface area contributed by atoms with E-state index < -0.39 is 11.9 Å². The van der Waals surface area contributed by atoms with Crippen molar-refractivity contribution < 1.29 is 19.4 Å². The molecule has 0 heterocycles. The third kappa shape index (κ3) is 3.13. The fraction of sp³-hybridized carbons (Fsp3) is 0.200. The van der Waals surface area contributed by atoms with E-state index in [0.29, 0.717) is 16.3 Å². The lowest BCUT2D eigenvalue weighted by molar-refractivity contribution is -0.134. The first kappa shape index (κ1) is 12.3. The molecule has 0 unspecified atom stereocenters. The predicted octanol–water partition coefficient (Wildman–Crippen LogP) is 1.62. The van der Waals surface area contributed by atoms with Crippen molar-refractivity contribution >= 4 is 29.2 Å². The Morgan fingerprint density at radius 3 is 2.75 bits per heavy atom. The predicted molar refractivity (Wildman–Crippen MR) is 58.9 cm³/mol. The summed E-state index contributed by atoms with van der Waals surface area (Å²) in [5.41, 5.74) is 0.687. The highest BCUT2D eigenvalue weighted by molar-refractivity contribution is 6.33. The van der Waals surface area contributed by atoms with Crippen molar-refractivity contribution in [3.8, 4) is 0 Å². The molecule has 0 aromatic heterocycles. The van der Waals surface area contributed by atoms with Crippen molar-refractivity contribution in [3.05, 3.63) is 28.8 Å². The van der Waals surface area contributed by atoms with Gasteiger partial charge in [0.15, 0.2) is 0 Å². The SMILES string of the molecule is COC(=O)c1ccc(Cl)c(NCC(=O)O)c1. The van der Waals surface area contributed by atoms with Crippen LogP contribution in [0.5, 0.6) is 0 Å². The van der Waals surface area contributed by atoms with Gasteiger partial charge in [0, 0.05) is 0 Å². The number of benzene rings is 1. The average molecular weight is 244 g/mol. The van der Waals surface area contributed by atoms with E-state index in [1.54, 1.807) is 0 Å². The number of methoxy groups -OCH3 is 1. The van der Waals surface area contributed by atoms with Crippen molar-refractivity contribution in [2.75, 3.05) is 19.0 Å². The fourth-order valence-corrected chi connectivity index (χ4v) is 1.26. The Labute approximate surface area is 97.0 Å². The van der Waals surface area contributed by atoms with Gasteiger partial charge in [0.1, 0.15) is 6.54 Å². The zero-order valence-corrected chi connectivity index (χ0v) is 9.25. The molecule has 0 fully saturated rings. The zero-order valence-electron chi connectivity index (χ0n) is 8.49. The number of aliphatic carboxylic acids is 1. The number of esters is 1. The second kappa shape index (κ2) is 5.37. The van der Waals surface area contributed by atoms with Crippen LogP contribution in [-0.4, -0.2) is 30.7 Å². The monoisotopic (exact) mass is 243 g/mol. The van der Waals surface area contributed by atoms with E-state index in [4.69, 9.17) is 16.7 Å². The highest BCUT2D eigenvalue weighted by atomic mass is 35.5. The van der Waals surface area contributed by atoms with Crippen LogP contribution in [0.2, 0.25) is 5.02 Å². The molecule has 1 aromatic carbocycles. The van der Waals surface area contributed by atoms with Crippen molar-refractivity contribution in [1.29, 1.82) is 0 Å². The van der Waals surface area contributed by atoms with Crippen LogP contribution in [0.3, 0.4) is 0 Å². The fourth-order valence-electron chi connectivity index (χ4n) is 1.08. The molecule has 0 saturated carbocycles. The van der Waals surface area contributed by atoms with Crippen LogP contribution in [0, 0.1) is 0 Å². The molecule has 86 valence electrons. The lowest BCUT2D eigenvalue weighted by Crippen LogP contribution is -2.13. The number of nitrogens with one attached hydrogen (secondary N) is 1. The van der Waals surface area contributed by atoms with Crippen LogP contribution in [-0.2, 0) is 9.53 Å². The van der Waals surface area contributed by atoms with Crippen LogP contribution < -0.4 is 5.32 Å². The normalized spacial score (nSPS) is 9.62. The molecule has 0 amide bonds. The standard InChI is InChI=1S/C10H10ClNO4/c1-16-10(15)6-2-3-7(11)8(4-6)12-5-9(13)14/h2-4,12H,5H2,1H3,(H,13,14). The molecule has 16 heavy (non-hydrogen) atoms. The van der Waals surface area contributed by atoms with Gasteiger partial charge in [-0.15, -0.1) is 0 Å². The van der Waals surface area contributed by atoms with Crippen molar-refractivity contribution in [2.45, 2.75) is 0 Å². The van der Waals surface area contributed by atoms with Crippen LogP contribution in [0.25, 0.3) is 0 Å². The molecule has 0 radical (unpaired) electrons. The van der Waals surface area contributed by atoms with E-state index in [2.05, 4.69) is 10.1 Å². The Morgan fingerprint density at radius 1 is 1.50 bits per heavy atom. The maximum atomic E-state index is 11.2. The molecule has 1 rings (SSSR count). The highest BCUT2D eigenvalue weighted by Gasteiger charge is 2.09. The average Bonchev–Trinajstić information content (AvgIpc) is 2.26. The zero-order chi connectivity index (χ0) is 12.1. The summed E-state index contributed by atoms with van der Waals surface area (Å²) in [6, 6.07) is 4.44. The maximum Gasteiger partial charge on any atom is 0.337 e. The van der Waals surface area contributed by atoms with Gasteiger partial charge in [0.2, 0.25) is 0 Å². The Kier molecular flexibility index (Phi) is 4.13. The summed E-state index contributed by atoms with van der Waals surface area (Å²) in [6.07, 6.45) is 0. The number of rotatable bonds is 4. The van der Waals surface area contributed by atoms with E-state index >= 15 is 0 Å². The molecule has 0 spiro atoms. The molecule has 1 aromatic rings. The maximum absolute atomic E-state index is 11.2. The highest BCUT2D eigenvalue weighted by Crippen LogP contribution is 2.23. The number of anilines is 1. The molecular weight excluding hydrogens is 234 g/mol. The van der Waals surface area contributed by atoms with Crippen LogP contribution >= 0.6 is 11.6 Å². The van der Waals surface area contributed by atoms with Gasteiger partial charge in [-0.1, -0.05) is 11.6 Å². The van der Waals surface area contributed by atoms with Gasteiger partial charge in [0.25, 0.3) is 0 Å². The lowest BCUT2D eigenvalue weighted by atomic mass is 10.2. The summed E-state index contributed by atoms with van der Waals surface area (Å²) in [5.74, 6) is -1.52. The van der Waals surface area contributed by atoms with E-state index in [-0.39, 0.29) is 6.54 Å². The number of carboxylic acid groups (broad SMARTS) is 1. The third-order valence-corrected chi connectivity index (χ3v) is 2.15. The number of carboxylic acids is 1. The summed E-state index contributed by atoms with van der Waals surface area (Å²) >= 11 is 5.82. The lowest BCUT2D eigenvalue weighted by Gasteiger charge is -2.07. The number of carbonyl (C=O) groups excluding carboxylic acids is 1. The summed E-state index contributed by atoms with van der Waals surface area (Å²) in [6.45, 7) is -0.273. The van der Waals surface area contributed by atoms with Gasteiger partial charge in [0.05, 0.1) is 23.4 Å². The molecule has 0 bridgehead atoms. The number of halogens is 1. The minimum Gasteiger partial charge on any atom is -0.480 e. The van der Waals surface area contributed by atoms with E-state index in [1.807, 2.05) is 0 Å². The first-order valence-electron chi connectivity index (χ1n) is 4.38. The second-order valence-electron chi connectivity index (χ2n) is 2.93. The largest absolute Gasteiger partial charge is 0.480 e. The van der Waals surface area contributed by atoms with E-state index in [9.17, 15) is 9.59 Å². The minimum absolute atomic E-state index is 0.273. The molecule has 6 heteroatoms. The minimum atomic E-state index is -1.01. The van der Waals surface area contributed by atoms with Gasteiger partial charge in [-0.25, -0.2) is 4.79 Å². The molecule has 0 aliphatic rings. The molecule has 0 atom stereocenters. The first-order chi connectivity index (χ1) is 7.54. The number of carbonyl (C=O) groups is 2. The van der Waals surface area contributed by atoms with Crippen LogP contribution in [0.15, 0.2) is 18.2 Å². The van der Waals surface area contributed by atoms with Crippen LogP contribution in [0.1, 0.15) is 10.4 Å². The quantitative estimate of drug-likeness (QED) is 0.786. The topological polar surface area (TPSA) is 75.6 Å². The van der Waals surface area contributed by atoms with Gasteiger partial charge in [-0.05, 0) is 18.2 Å². The van der Waals surface area contributed by atoms with Crippen molar-refractivity contribution in [1.82, 2.24) is 0 Å². The van der Waals surface area contributed by atoms with Crippen LogP contribution in [0.4, 0.5) is 5.69 Å².